The summed E-state index contributed by atoms with van der Waals surface area (Å²) in [6, 6.07) is 0. The zero-order valence-electron chi connectivity index (χ0n) is 18.9. The number of Topliss-reactive ketones (excluding diaryl/α,β-unsaturated/α-hetero) is 1. The molecule has 0 heterocycles. The summed E-state index contributed by atoms with van der Waals surface area (Å²) in [5.74, 6) is 6.64. The third kappa shape index (κ3) is 3.69. The van der Waals surface area contributed by atoms with Gasteiger partial charge in [-0.2, -0.15) is 19.8 Å². The Bertz CT molecular complexity index is 559. The van der Waals surface area contributed by atoms with Crippen LogP contribution in [0.5, 0.6) is 0 Å². The molecule has 0 aromatic rings. The third-order valence-corrected chi connectivity index (χ3v) is 10.1. The normalized spacial score (nSPS) is 48.2. The number of hydrogen-bond acceptors (Lipinski definition) is 1. The summed E-state index contributed by atoms with van der Waals surface area (Å²) in [4.78, 5) is 13.2. The Kier molecular flexibility index (Phi) is 7.32. The van der Waals surface area contributed by atoms with Crippen molar-refractivity contribution >= 4 is 5.78 Å². The standard InChI is InChI=1S/C25H41O.Rb/c1-6-7-17(3)19-8-9-20-18-15-23(26)22-14-16(2)10-12-25(22,5)21(18)11-13-24(19,20)4;/h17-22H,6-15H2,1-5H3;/q-1;+1/t17-,18?,19-,20?,21?,22?,24-,25-;/m1./s1. The van der Waals surface area contributed by atoms with E-state index in [0.717, 1.165) is 36.5 Å². The van der Waals surface area contributed by atoms with Gasteiger partial charge in [-0.1, -0.05) is 47.0 Å². The summed E-state index contributed by atoms with van der Waals surface area (Å²) >= 11 is 0. The molecule has 4 fully saturated rings. The van der Waals surface area contributed by atoms with Crippen LogP contribution in [-0.2, 0) is 4.79 Å². The van der Waals surface area contributed by atoms with Crippen molar-refractivity contribution < 1.29 is 63.0 Å². The maximum atomic E-state index is 13.2. The van der Waals surface area contributed by atoms with Crippen molar-refractivity contribution in [3.63, 3.8) is 0 Å². The zero-order chi connectivity index (χ0) is 18.7. The van der Waals surface area contributed by atoms with Crippen LogP contribution >= 0.6 is 0 Å². The summed E-state index contributed by atoms with van der Waals surface area (Å²) in [5, 5.41) is 0. The van der Waals surface area contributed by atoms with E-state index in [1.54, 1.807) is 5.92 Å². The Labute approximate surface area is 217 Å². The van der Waals surface area contributed by atoms with Crippen LogP contribution in [-0.4, -0.2) is 5.78 Å². The molecule has 2 heteroatoms. The van der Waals surface area contributed by atoms with Crippen LogP contribution in [0.3, 0.4) is 0 Å². The van der Waals surface area contributed by atoms with Crippen LogP contribution in [0.4, 0.5) is 0 Å². The van der Waals surface area contributed by atoms with E-state index in [2.05, 4.69) is 34.6 Å². The number of hydrogen-bond donors (Lipinski definition) is 0. The molecular formula is C25H41ORb. The third-order valence-electron chi connectivity index (χ3n) is 10.1. The molecule has 0 N–H and O–H groups in total. The molecule has 4 aliphatic rings. The summed E-state index contributed by atoms with van der Waals surface area (Å²) in [6.45, 7) is 12.3. The van der Waals surface area contributed by atoms with Crippen molar-refractivity contribution in [3.8, 4) is 0 Å². The average molecular weight is 443 g/mol. The van der Waals surface area contributed by atoms with E-state index >= 15 is 0 Å². The van der Waals surface area contributed by atoms with Gasteiger partial charge in [-0.25, -0.2) is 0 Å². The fourth-order valence-electron chi connectivity index (χ4n) is 8.66. The first-order valence-electron chi connectivity index (χ1n) is 11.6. The van der Waals surface area contributed by atoms with Crippen molar-refractivity contribution in [2.75, 3.05) is 0 Å². The van der Waals surface area contributed by atoms with Crippen LogP contribution < -0.4 is 58.2 Å². The molecular weight excluding hydrogens is 402 g/mol. The Morgan fingerprint density at radius 1 is 1.11 bits per heavy atom. The minimum atomic E-state index is 0. The molecule has 4 saturated carbocycles. The molecule has 0 aromatic carbocycles. The second-order valence-electron chi connectivity index (χ2n) is 11.3. The number of rotatable bonds is 3. The molecule has 0 amide bonds. The molecule has 0 radical (unpaired) electrons. The van der Waals surface area contributed by atoms with Gasteiger partial charge in [-0.3, -0.25) is 4.79 Å². The molecule has 148 valence electrons. The first-order chi connectivity index (χ1) is 12.3. The topological polar surface area (TPSA) is 17.1 Å². The monoisotopic (exact) mass is 442 g/mol. The van der Waals surface area contributed by atoms with Crippen molar-refractivity contribution in [2.24, 2.45) is 46.3 Å². The largest absolute Gasteiger partial charge is 1.00 e. The second-order valence-corrected chi connectivity index (χ2v) is 11.3. The van der Waals surface area contributed by atoms with Gasteiger partial charge >= 0.3 is 58.2 Å². The second kappa shape index (κ2) is 8.54. The predicted molar refractivity (Wildman–Crippen MR) is 109 cm³/mol. The van der Waals surface area contributed by atoms with Crippen molar-refractivity contribution in [1.29, 1.82) is 0 Å². The number of carbonyl (C=O) groups is 1. The molecule has 0 bridgehead atoms. The maximum Gasteiger partial charge on any atom is 1.00 e. The first-order valence-corrected chi connectivity index (χ1v) is 11.6. The number of ketones is 1. The molecule has 4 aliphatic carbocycles. The molecule has 4 unspecified atom stereocenters. The van der Waals surface area contributed by atoms with Gasteiger partial charge in [0.2, 0.25) is 0 Å². The van der Waals surface area contributed by atoms with Crippen molar-refractivity contribution in [2.45, 2.75) is 98.8 Å². The quantitative estimate of drug-likeness (QED) is 0.606. The number of carbonyl (C=O) groups excluding carboxylic acids is 1. The SMILES string of the molecule is CCC[C@@H](C)[C@H]1CCC2C3CC(=O)C4C[C-](C)CC[C@]4(C)C3CC[C@@]21C.[Rb+]. The van der Waals surface area contributed by atoms with E-state index in [1.807, 2.05) is 0 Å². The first kappa shape index (κ1) is 23.1. The Hall–Kier alpha value is 1.48. The maximum absolute atomic E-state index is 13.2. The molecule has 0 aromatic heterocycles. The fourth-order valence-corrected chi connectivity index (χ4v) is 8.66. The molecule has 4 rings (SSSR count). The van der Waals surface area contributed by atoms with E-state index < -0.39 is 0 Å². The van der Waals surface area contributed by atoms with Crippen LogP contribution in [0.15, 0.2) is 0 Å². The van der Waals surface area contributed by atoms with Gasteiger partial charge in [0.25, 0.3) is 0 Å². The van der Waals surface area contributed by atoms with Crippen molar-refractivity contribution in [1.82, 2.24) is 0 Å². The fraction of sp³-hybridized carbons (Fsp3) is 0.920. The Morgan fingerprint density at radius 2 is 1.81 bits per heavy atom. The minimum absolute atomic E-state index is 0. The van der Waals surface area contributed by atoms with Crippen molar-refractivity contribution in [3.05, 3.63) is 5.92 Å². The molecule has 0 spiro atoms. The van der Waals surface area contributed by atoms with E-state index in [1.165, 1.54) is 51.4 Å². The van der Waals surface area contributed by atoms with Crippen LogP contribution in [0.2, 0.25) is 0 Å². The molecule has 1 nitrogen and oxygen atoms in total. The number of fused-ring (bicyclic) bond motifs is 5. The summed E-state index contributed by atoms with van der Waals surface area (Å²) < 4.78 is 0. The van der Waals surface area contributed by atoms with E-state index in [4.69, 9.17) is 0 Å². The smallest absolute Gasteiger partial charge is 0.316 e. The van der Waals surface area contributed by atoms with E-state index in [0.29, 0.717) is 28.4 Å². The van der Waals surface area contributed by atoms with Gasteiger partial charge in [-0.05, 0) is 72.0 Å². The van der Waals surface area contributed by atoms with Gasteiger partial charge in [0.15, 0.2) is 0 Å². The zero-order valence-corrected chi connectivity index (χ0v) is 23.9. The van der Waals surface area contributed by atoms with Gasteiger partial charge in [0.1, 0.15) is 5.78 Å². The van der Waals surface area contributed by atoms with E-state index in [-0.39, 0.29) is 58.2 Å². The molecule has 27 heavy (non-hydrogen) atoms. The Balaban J connectivity index is 0.00000210. The van der Waals surface area contributed by atoms with Gasteiger partial charge in [0, 0.05) is 6.42 Å². The van der Waals surface area contributed by atoms with Gasteiger partial charge < -0.3 is 5.92 Å². The van der Waals surface area contributed by atoms with Gasteiger partial charge in [0.05, 0.1) is 0 Å². The van der Waals surface area contributed by atoms with Gasteiger partial charge in [-0.15, -0.1) is 0 Å². The molecule has 0 aliphatic heterocycles. The van der Waals surface area contributed by atoms with Crippen LogP contribution in [0.1, 0.15) is 98.8 Å². The minimum Gasteiger partial charge on any atom is -0.316 e. The predicted octanol–water partition coefficient (Wildman–Crippen LogP) is 3.86. The molecule has 0 saturated heterocycles. The summed E-state index contributed by atoms with van der Waals surface area (Å²) in [6.07, 6.45) is 12.9. The molecule has 8 atom stereocenters. The van der Waals surface area contributed by atoms with E-state index in [9.17, 15) is 4.79 Å². The van der Waals surface area contributed by atoms with Crippen LogP contribution in [0.25, 0.3) is 0 Å². The summed E-state index contributed by atoms with van der Waals surface area (Å²) in [7, 11) is 0. The Morgan fingerprint density at radius 3 is 2.52 bits per heavy atom. The average Bonchev–Trinajstić information content (AvgIpc) is 2.94. The summed E-state index contributed by atoms with van der Waals surface area (Å²) in [5.41, 5.74) is 0.809. The van der Waals surface area contributed by atoms with Crippen LogP contribution in [0, 0.1) is 52.3 Å².